The first-order valence-corrected chi connectivity index (χ1v) is 10.4. The van der Waals surface area contributed by atoms with E-state index < -0.39 is 24.3 Å². The van der Waals surface area contributed by atoms with Gasteiger partial charge in [0.25, 0.3) is 5.91 Å². The van der Waals surface area contributed by atoms with Gasteiger partial charge in [0.1, 0.15) is 5.75 Å². The molecule has 0 fully saturated rings. The van der Waals surface area contributed by atoms with Crippen molar-refractivity contribution >= 4 is 29.7 Å². The van der Waals surface area contributed by atoms with Crippen LogP contribution in [0.15, 0.2) is 60.7 Å². The SMILES string of the molecule is Cc1cc(/C=C/c2cccc3c2CN(c2ccc(C(F)(F)F)cc2)C3=O)ccc1OCC(=O)O. The summed E-state index contributed by atoms with van der Waals surface area (Å²) >= 11 is 0. The summed E-state index contributed by atoms with van der Waals surface area (Å²) in [5.41, 5.74) is 3.41. The van der Waals surface area contributed by atoms with Crippen molar-refractivity contribution in [3.05, 3.63) is 94.0 Å². The van der Waals surface area contributed by atoms with E-state index in [0.29, 0.717) is 17.0 Å². The molecule has 3 aromatic rings. The lowest BCUT2D eigenvalue weighted by atomic mass is 10.0. The minimum atomic E-state index is -4.44. The number of aryl methyl sites for hydroxylation is 1. The number of fused-ring (bicyclic) bond motifs is 1. The fourth-order valence-corrected chi connectivity index (χ4v) is 3.82. The van der Waals surface area contributed by atoms with Crippen LogP contribution in [0.2, 0.25) is 0 Å². The first-order chi connectivity index (χ1) is 16.1. The van der Waals surface area contributed by atoms with E-state index in [2.05, 4.69) is 0 Å². The molecule has 4 rings (SSSR count). The molecule has 0 aromatic heterocycles. The number of nitrogens with zero attached hydrogens (tertiary/aromatic N) is 1. The molecule has 0 saturated carbocycles. The number of halogens is 3. The van der Waals surface area contributed by atoms with Crippen molar-refractivity contribution in [2.24, 2.45) is 0 Å². The number of carbonyl (C=O) groups excluding carboxylic acids is 1. The molecule has 174 valence electrons. The van der Waals surface area contributed by atoms with Crippen LogP contribution in [0.4, 0.5) is 18.9 Å². The smallest absolute Gasteiger partial charge is 0.416 e. The third-order valence-electron chi connectivity index (χ3n) is 5.52. The van der Waals surface area contributed by atoms with Gasteiger partial charge in [0, 0.05) is 11.3 Å². The van der Waals surface area contributed by atoms with E-state index in [0.717, 1.165) is 34.4 Å². The molecule has 5 nitrogen and oxygen atoms in total. The molecule has 1 heterocycles. The Morgan fingerprint density at radius 2 is 1.82 bits per heavy atom. The Hall–Kier alpha value is -4.07. The van der Waals surface area contributed by atoms with Gasteiger partial charge >= 0.3 is 12.1 Å². The van der Waals surface area contributed by atoms with Gasteiger partial charge in [-0.2, -0.15) is 13.2 Å². The lowest BCUT2D eigenvalue weighted by molar-refractivity contribution is -0.139. The van der Waals surface area contributed by atoms with Crippen molar-refractivity contribution in [3.63, 3.8) is 0 Å². The van der Waals surface area contributed by atoms with Gasteiger partial charge in [0.05, 0.1) is 12.1 Å². The second-order valence-electron chi connectivity index (χ2n) is 7.85. The zero-order valence-electron chi connectivity index (χ0n) is 18.1. The van der Waals surface area contributed by atoms with E-state index in [1.54, 1.807) is 24.3 Å². The van der Waals surface area contributed by atoms with Crippen molar-refractivity contribution in [2.45, 2.75) is 19.6 Å². The van der Waals surface area contributed by atoms with Crippen molar-refractivity contribution in [2.75, 3.05) is 11.5 Å². The summed E-state index contributed by atoms with van der Waals surface area (Å²) < 4.78 is 43.8. The highest BCUT2D eigenvalue weighted by Crippen LogP contribution is 2.34. The molecule has 1 amide bonds. The number of carboxylic acids is 1. The van der Waals surface area contributed by atoms with Crippen LogP contribution >= 0.6 is 0 Å². The summed E-state index contributed by atoms with van der Waals surface area (Å²) in [6.45, 7) is 1.64. The van der Waals surface area contributed by atoms with Gasteiger partial charge in [-0.1, -0.05) is 30.4 Å². The number of carboxylic acid groups (broad SMARTS) is 1. The van der Waals surface area contributed by atoms with E-state index in [4.69, 9.17) is 9.84 Å². The first-order valence-electron chi connectivity index (χ1n) is 10.4. The molecule has 0 radical (unpaired) electrons. The molecule has 0 aliphatic carbocycles. The minimum Gasteiger partial charge on any atom is -0.482 e. The van der Waals surface area contributed by atoms with Gasteiger partial charge in [-0.25, -0.2) is 4.79 Å². The number of amides is 1. The number of hydrogen-bond acceptors (Lipinski definition) is 3. The number of rotatable bonds is 6. The van der Waals surface area contributed by atoms with Gasteiger partial charge in [-0.05, 0) is 71.6 Å². The van der Waals surface area contributed by atoms with Gasteiger partial charge in [-0.3, -0.25) is 4.79 Å². The molecule has 1 N–H and O–H groups in total. The minimum absolute atomic E-state index is 0.251. The van der Waals surface area contributed by atoms with Crippen LogP contribution in [0.5, 0.6) is 5.75 Å². The number of alkyl halides is 3. The lowest BCUT2D eigenvalue weighted by Gasteiger charge is -2.17. The van der Waals surface area contributed by atoms with E-state index >= 15 is 0 Å². The summed E-state index contributed by atoms with van der Waals surface area (Å²) in [4.78, 5) is 25.1. The van der Waals surface area contributed by atoms with E-state index in [9.17, 15) is 22.8 Å². The summed E-state index contributed by atoms with van der Waals surface area (Å²) in [7, 11) is 0. The molecular weight excluding hydrogens is 447 g/mol. The highest BCUT2D eigenvalue weighted by molar-refractivity contribution is 6.10. The summed E-state index contributed by atoms with van der Waals surface area (Å²) in [6, 6.07) is 15.2. The molecule has 0 unspecified atom stereocenters. The fraction of sp³-hybridized carbons (Fsp3) is 0.154. The maximum absolute atomic E-state index is 12.9. The van der Waals surface area contributed by atoms with E-state index in [-0.39, 0.29) is 12.5 Å². The molecule has 0 atom stereocenters. The van der Waals surface area contributed by atoms with Gasteiger partial charge in [-0.15, -0.1) is 0 Å². The van der Waals surface area contributed by atoms with Crippen molar-refractivity contribution in [1.29, 1.82) is 0 Å². The Morgan fingerprint density at radius 1 is 1.09 bits per heavy atom. The summed E-state index contributed by atoms with van der Waals surface area (Å²) in [5.74, 6) is -0.833. The van der Waals surface area contributed by atoms with Crippen LogP contribution in [0.3, 0.4) is 0 Å². The normalized spacial score (nSPS) is 13.4. The van der Waals surface area contributed by atoms with Gasteiger partial charge in [0.2, 0.25) is 0 Å². The van der Waals surface area contributed by atoms with Crippen LogP contribution in [0.25, 0.3) is 12.2 Å². The maximum atomic E-state index is 12.9. The standard InChI is InChI=1S/C26H20F3NO4/c1-16-13-17(6-12-23(16)34-15-24(31)32)5-7-18-3-2-4-21-22(18)14-30(25(21)33)20-10-8-19(9-11-20)26(27,28)29/h2-13H,14-15H2,1H3,(H,31,32)/b7-5+. The van der Waals surface area contributed by atoms with E-state index in [1.807, 2.05) is 31.2 Å². The molecule has 1 aliphatic heterocycles. The van der Waals surface area contributed by atoms with Gasteiger partial charge in [0.15, 0.2) is 6.61 Å². The molecule has 0 bridgehead atoms. The Balaban J connectivity index is 1.55. The van der Waals surface area contributed by atoms with Crippen molar-refractivity contribution in [1.82, 2.24) is 0 Å². The second-order valence-corrected chi connectivity index (χ2v) is 7.85. The number of anilines is 1. The predicted octanol–water partition coefficient (Wildman–Crippen LogP) is 5.81. The topological polar surface area (TPSA) is 66.8 Å². The molecule has 8 heteroatoms. The average Bonchev–Trinajstić information content (AvgIpc) is 3.13. The summed E-state index contributed by atoms with van der Waals surface area (Å²) in [6.07, 6.45) is -0.697. The van der Waals surface area contributed by atoms with Crippen LogP contribution < -0.4 is 9.64 Å². The highest BCUT2D eigenvalue weighted by atomic mass is 19.4. The molecular formula is C26H20F3NO4. The highest BCUT2D eigenvalue weighted by Gasteiger charge is 2.32. The molecule has 3 aromatic carbocycles. The Labute approximate surface area is 193 Å². The maximum Gasteiger partial charge on any atom is 0.416 e. The van der Waals surface area contributed by atoms with Crippen LogP contribution in [-0.2, 0) is 17.5 Å². The number of carbonyl (C=O) groups is 2. The third kappa shape index (κ3) is 4.80. The number of aliphatic carboxylic acids is 1. The van der Waals surface area contributed by atoms with Crippen molar-refractivity contribution < 1.29 is 32.6 Å². The first kappa shape index (κ1) is 23.1. The van der Waals surface area contributed by atoms with E-state index in [1.165, 1.54) is 17.0 Å². The molecule has 0 spiro atoms. The quantitative estimate of drug-likeness (QED) is 0.465. The monoisotopic (exact) mass is 467 g/mol. The second kappa shape index (κ2) is 9.05. The Kier molecular flexibility index (Phi) is 6.15. The third-order valence-corrected chi connectivity index (χ3v) is 5.52. The van der Waals surface area contributed by atoms with Crippen LogP contribution in [0, 0.1) is 6.92 Å². The fourth-order valence-electron chi connectivity index (χ4n) is 3.82. The average molecular weight is 467 g/mol. The Morgan fingerprint density at radius 3 is 2.47 bits per heavy atom. The predicted molar refractivity (Wildman–Crippen MR) is 122 cm³/mol. The number of ether oxygens (including phenoxy) is 1. The van der Waals surface area contributed by atoms with Crippen LogP contribution in [0.1, 0.15) is 38.2 Å². The Bertz CT molecular complexity index is 1280. The molecule has 1 aliphatic rings. The molecule has 34 heavy (non-hydrogen) atoms. The number of benzene rings is 3. The van der Waals surface area contributed by atoms with Gasteiger partial charge < -0.3 is 14.7 Å². The zero-order valence-corrected chi connectivity index (χ0v) is 18.1. The molecule has 0 saturated heterocycles. The lowest BCUT2D eigenvalue weighted by Crippen LogP contribution is -2.23. The largest absolute Gasteiger partial charge is 0.482 e. The zero-order chi connectivity index (χ0) is 24.5. The summed E-state index contributed by atoms with van der Waals surface area (Å²) in [5, 5.41) is 8.75. The van der Waals surface area contributed by atoms with Crippen molar-refractivity contribution in [3.8, 4) is 5.75 Å². The number of hydrogen-bond donors (Lipinski definition) is 1. The van der Waals surface area contributed by atoms with Crippen LogP contribution in [-0.4, -0.2) is 23.6 Å².